The molecule has 1 aliphatic rings. The average molecular weight is 283 g/mol. The first kappa shape index (κ1) is 13.7. The number of aliphatic hydroxyl groups is 1. The number of H-pyrrole nitrogens is 1. The van der Waals surface area contributed by atoms with Gasteiger partial charge in [0.25, 0.3) is 5.56 Å². The summed E-state index contributed by atoms with van der Waals surface area (Å²) in [6.45, 7) is 1.55. The Morgan fingerprint density at radius 1 is 1.68 bits per heavy atom. The topological polar surface area (TPSA) is 124 Å². The van der Waals surface area contributed by atoms with Crippen LogP contribution in [0.1, 0.15) is 17.4 Å². The molecule has 0 unspecified atom stereocenters. The summed E-state index contributed by atoms with van der Waals surface area (Å²) in [7, 11) is 0. The highest BCUT2D eigenvalue weighted by molar-refractivity contribution is 8.00. The fraction of sp³-hybridized carbons (Fsp3) is 0.600. The molecule has 8 nitrogen and oxygen atoms in total. The van der Waals surface area contributed by atoms with Gasteiger partial charge in [0.1, 0.15) is 0 Å². The Morgan fingerprint density at radius 3 is 3.05 bits per heavy atom. The fourth-order valence-electron chi connectivity index (χ4n) is 2.04. The van der Waals surface area contributed by atoms with Gasteiger partial charge in [-0.05, 0) is 18.9 Å². The Balaban J connectivity index is 2.44. The van der Waals surface area contributed by atoms with Crippen LogP contribution in [0.15, 0.2) is 20.9 Å². The molecule has 0 saturated carbocycles. The van der Waals surface area contributed by atoms with E-state index in [1.54, 1.807) is 6.92 Å². The van der Waals surface area contributed by atoms with Gasteiger partial charge in [-0.3, -0.25) is 14.3 Å². The predicted molar refractivity (Wildman–Crippen MR) is 71.1 cm³/mol. The lowest BCUT2D eigenvalue weighted by Crippen LogP contribution is -2.34. The van der Waals surface area contributed by atoms with Gasteiger partial charge in [-0.1, -0.05) is 5.11 Å². The van der Waals surface area contributed by atoms with Crippen LogP contribution < -0.4 is 11.2 Å². The van der Waals surface area contributed by atoms with Crippen LogP contribution in [0.3, 0.4) is 0 Å². The van der Waals surface area contributed by atoms with Crippen LogP contribution in [-0.2, 0) is 0 Å². The second kappa shape index (κ2) is 5.52. The first-order valence-corrected chi connectivity index (χ1v) is 6.63. The van der Waals surface area contributed by atoms with Crippen molar-refractivity contribution >= 4 is 11.8 Å². The summed E-state index contributed by atoms with van der Waals surface area (Å²) in [6.07, 6.45) is 1.96. The van der Waals surface area contributed by atoms with E-state index in [4.69, 9.17) is 5.53 Å². The molecule has 1 fully saturated rings. The average Bonchev–Trinajstić information content (AvgIpc) is 2.77. The Morgan fingerprint density at radius 2 is 2.42 bits per heavy atom. The zero-order valence-corrected chi connectivity index (χ0v) is 11.0. The maximum atomic E-state index is 11.8. The molecule has 0 aromatic carbocycles. The van der Waals surface area contributed by atoms with Crippen LogP contribution in [0.2, 0.25) is 0 Å². The number of hydrogen-bond donors (Lipinski definition) is 2. The fourth-order valence-corrected chi connectivity index (χ4v) is 3.47. The van der Waals surface area contributed by atoms with Gasteiger partial charge < -0.3 is 5.11 Å². The number of aryl methyl sites for hydroxylation is 1. The Bertz CT molecular complexity index is 633. The highest BCUT2D eigenvalue weighted by Gasteiger charge is 2.36. The van der Waals surface area contributed by atoms with Crippen LogP contribution in [0.4, 0.5) is 0 Å². The van der Waals surface area contributed by atoms with Gasteiger partial charge in [0.15, 0.2) is 0 Å². The molecule has 2 heterocycles. The molecule has 0 radical (unpaired) electrons. The zero-order valence-electron chi connectivity index (χ0n) is 10.2. The molecular weight excluding hydrogens is 270 g/mol. The van der Waals surface area contributed by atoms with Crippen LogP contribution in [-0.4, -0.2) is 32.6 Å². The SMILES string of the molecule is Cc1cn([C@H]2S[C@H](CO)C[C@@H]2N=[N+]=[N-])c(=O)[nH]c1=O. The summed E-state index contributed by atoms with van der Waals surface area (Å²) in [5.74, 6) is 0. The van der Waals surface area contributed by atoms with Gasteiger partial charge in [0.05, 0.1) is 18.0 Å². The lowest BCUT2D eigenvalue weighted by Gasteiger charge is -2.17. The highest BCUT2D eigenvalue weighted by atomic mass is 32.2. The Hall–Kier alpha value is -1.70. The summed E-state index contributed by atoms with van der Waals surface area (Å²) < 4.78 is 1.36. The van der Waals surface area contributed by atoms with Crippen molar-refractivity contribution in [3.63, 3.8) is 0 Å². The van der Waals surface area contributed by atoms with Crippen molar-refractivity contribution < 1.29 is 5.11 Å². The number of rotatable bonds is 3. The van der Waals surface area contributed by atoms with Gasteiger partial charge in [-0.2, -0.15) is 0 Å². The number of nitrogens with zero attached hydrogens (tertiary/aromatic N) is 4. The molecule has 1 aliphatic heterocycles. The highest BCUT2D eigenvalue weighted by Crippen LogP contribution is 2.42. The first-order valence-electron chi connectivity index (χ1n) is 5.69. The molecule has 1 aromatic rings. The number of nitrogens with one attached hydrogen (secondary N) is 1. The molecule has 9 heteroatoms. The van der Waals surface area contributed by atoms with Crippen molar-refractivity contribution in [2.24, 2.45) is 5.11 Å². The summed E-state index contributed by atoms with van der Waals surface area (Å²) in [6, 6.07) is -0.421. The number of aliphatic hydroxyl groups excluding tert-OH is 1. The van der Waals surface area contributed by atoms with Crippen molar-refractivity contribution in [3.8, 4) is 0 Å². The number of thioether (sulfide) groups is 1. The standard InChI is InChI=1S/C10H13N5O3S/c1-5-3-15(10(18)12-8(5)17)9-7(13-14-11)2-6(4-16)19-9/h3,6-7,9,16H,2,4H2,1H3,(H,12,17,18)/t6-,7-,9-/m0/s1. The molecular formula is C10H13N5O3S. The third-order valence-electron chi connectivity index (χ3n) is 2.99. The minimum atomic E-state index is -0.537. The minimum Gasteiger partial charge on any atom is -0.395 e. The number of azide groups is 1. The molecule has 0 aliphatic carbocycles. The Labute approximate surface area is 112 Å². The summed E-state index contributed by atoms with van der Waals surface area (Å²) in [5.41, 5.74) is 8.00. The molecule has 102 valence electrons. The van der Waals surface area contributed by atoms with Gasteiger partial charge >= 0.3 is 5.69 Å². The maximum absolute atomic E-state index is 11.8. The quantitative estimate of drug-likeness (QED) is 0.476. The summed E-state index contributed by atoms with van der Waals surface area (Å²) in [4.78, 5) is 28.2. The van der Waals surface area contributed by atoms with Crippen LogP contribution in [0.5, 0.6) is 0 Å². The molecule has 1 saturated heterocycles. The van der Waals surface area contributed by atoms with Gasteiger partial charge in [0, 0.05) is 21.9 Å². The summed E-state index contributed by atoms with van der Waals surface area (Å²) in [5, 5.41) is 12.4. The third-order valence-corrected chi connectivity index (χ3v) is 4.54. The molecule has 3 atom stereocenters. The lowest BCUT2D eigenvalue weighted by molar-refractivity contribution is 0.289. The minimum absolute atomic E-state index is 0.0459. The van der Waals surface area contributed by atoms with Crippen molar-refractivity contribution in [2.75, 3.05) is 6.61 Å². The molecule has 2 N–H and O–H groups in total. The van der Waals surface area contributed by atoms with Crippen LogP contribution in [0.25, 0.3) is 10.4 Å². The van der Waals surface area contributed by atoms with E-state index in [0.717, 1.165) is 0 Å². The molecule has 1 aromatic heterocycles. The maximum Gasteiger partial charge on any atom is 0.329 e. The smallest absolute Gasteiger partial charge is 0.329 e. The van der Waals surface area contributed by atoms with E-state index in [1.807, 2.05) is 0 Å². The number of aromatic nitrogens is 2. The second-order valence-electron chi connectivity index (χ2n) is 4.32. The van der Waals surface area contributed by atoms with Crippen LogP contribution >= 0.6 is 11.8 Å². The molecule has 0 bridgehead atoms. The number of aromatic amines is 1. The molecule has 0 amide bonds. The van der Waals surface area contributed by atoms with E-state index in [1.165, 1.54) is 22.5 Å². The van der Waals surface area contributed by atoms with E-state index >= 15 is 0 Å². The molecule has 19 heavy (non-hydrogen) atoms. The Kier molecular flexibility index (Phi) is 3.98. The van der Waals surface area contributed by atoms with Crippen molar-refractivity contribution in [1.82, 2.24) is 9.55 Å². The lowest BCUT2D eigenvalue weighted by atomic mass is 10.1. The van der Waals surface area contributed by atoms with E-state index in [9.17, 15) is 14.7 Å². The second-order valence-corrected chi connectivity index (χ2v) is 5.74. The van der Waals surface area contributed by atoms with E-state index in [-0.39, 0.29) is 11.9 Å². The monoisotopic (exact) mass is 283 g/mol. The molecule has 0 spiro atoms. The first-order chi connectivity index (χ1) is 9.06. The summed E-state index contributed by atoms with van der Waals surface area (Å²) >= 11 is 1.37. The number of hydrogen-bond acceptors (Lipinski definition) is 5. The normalized spacial score (nSPS) is 26.1. The van der Waals surface area contributed by atoms with Crippen molar-refractivity contribution in [2.45, 2.75) is 30.0 Å². The van der Waals surface area contributed by atoms with E-state index in [0.29, 0.717) is 12.0 Å². The zero-order chi connectivity index (χ0) is 14.0. The van der Waals surface area contributed by atoms with Crippen molar-refractivity contribution in [3.05, 3.63) is 43.0 Å². The van der Waals surface area contributed by atoms with E-state index in [2.05, 4.69) is 15.0 Å². The van der Waals surface area contributed by atoms with Crippen LogP contribution in [0, 0.1) is 6.92 Å². The molecule has 2 rings (SSSR count). The van der Waals surface area contributed by atoms with Gasteiger partial charge in [0.2, 0.25) is 0 Å². The van der Waals surface area contributed by atoms with Gasteiger partial charge in [-0.15, -0.1) is 11.8 Å². The van der Waals surface area contributed by atoms with E-state index < -0.39 is 22.7 Å². The largest absolute Gasteiger partial charge is 0.395 e. The van der Waals surface area contributed by atoms with Gasteiger partial charge in [-0.25, -0.2) is 4.79 Å². The van der Waals surface area contributed by atoms with Crippen molar-refractivity contribution in [1.29, 1.82) is 0 Å². The predicted octanol–water partition coefficient (Wildman–Crippen LogP) is 0.520. The third kappa shape index (κ3) is 2.67.